The molecular formula is C11H12BrFN4O. The molecule has 1 heterocycles. The number of carbonyl (C=O) groups excluding carboxylic acids is 1. The van der Waals surface area contributed by atoms with Gasteiger partial charge in [-0.25, -0.2) is 9.37 Å². The van der Waals surface area contributed by atoms with Gasteiger partial charge in [-0.05, 0) is 22.0 Å². The Kier molecular flexibility index (Phi) is 3.25. The highest BCUT2D eigenvalue weighted by Gasteiger charge is 2.14. The van der Waals surface area contributed by atoms with Crippen LogP contribution in [0.15, 0.2) is 16.6 Å². The van der Waals surface area contributed by atoms with Crippen LogP contribution in [0.25, 0.3) is 11.0 Å². The number of nitrogens with zero attached hydrogens (tertiary/aromatic N) is 3. The zero-order chi connectivity index (χ0) is 13.4. The Balaban J connectivity index is 2.53. The summed E-state index contributed by atoms with van der Waals surface area (Å²) in [5.41, 5.74) is 6.80. The summed E-state index contributed by atoms with van der Waals surface area (Å²) in [7, 11) is 3.30. The molecule has 0 unspecified atom stereocenters. The maximum Gasteiger partial charge on any atom is 0.242 e. The topological polar surface area (TPSA) is 64.2 Å². The fourth-order valence-electron chi connectivity index (χ4n) is 1.58. The van der Waals surface area contributed by atoms with Gasteiger partial charge in [0.2, 0.25) is 11.9 Å². The molecule has 0 aliphatic carbocycles. The number of imidazole rings is 1. The quantitative estimate of drug-likeness (QED) is 0.916. The Morgan fingerprint density at radius 2 is 2.22 bits per heavy atom. The highest BCUT2D eigenvalue weighted by Crippen LogP contribution is 2.25. The number of fused-ring (bicyclic) bond motifs is 1. The van der Waals surface area contributed by atoms with Gasteiger partial charge in [0, 0.05) is 20.2 Å². The first kappa shape index (κ1) is 12.8. The third-order valence-corrected chi connectivity index (χ3v) is 3.22. The van der Waals surface area contributed by atoms with Crippen molar-refractivity contribution in [2.24, 2.45) is 0 Å². The van der Waals surface area contributed by atoms with E-state index >= 15 is 0 Å². The molecule has 0 spiro atoms. The third kappa shape index (κ3) is 2.17. The number of nitrogens with two attached hydrogens (primary N) is 1. The molecule has 96 valence electrons. The van der Waals surface area contributed by atoms with Crippen LogP contribution in [0.4, 0.5) is 10.3 Å². The molecule has 7 heteroatoms. The monoisotopic (exact) mass is 314 g/mol. The average Bonchev–Trinajstić information content (AvgIpc) is 2.56. The summed E-state index contributed by atoms with van der Waals surface area (Å²) in [5.74, 6) is -0.358. The predicted octanol–water partition coefficient (Wildman–Crippen LogP) is 1.61. The van der Waals surface area contributed by atoms with Gasteiger partial charge in [0.05, 0.1) is 15.5 Å². The summed E-state index contributed by atoms with van der Waals surface area (Å²) < 4.78 is 15.3. The van der Waals surface area contributed by atoms with E-state index in [1.807, 2.05) is 0 Å². The fraction of sp³-hybridized carbons (Fsp3) is 0.273. The number of likely N-dealkylation sites (N-methyl/N-ethyl adjacent to an activating group) is 1. The van der Waals surface area contributed by atoms with E-state index in [1.165, 1.54) is 21.6 Å². The molecule has 0 saturated carbocycles. The van der Waals surface area contributed by atoms with Gasteiger partial charge in [-0.1, -0.05) is 0 Å². The molecule has 2 N–H and O–H groups in total. The van der Waals surface area contributed by atoms with Crippen molar-refractivity contribution in [2.45, 2.75) is 6.54 Å². The number of hydrogen-bond donors (Lipinski definition) is 1. The van der Waals surface area contributed by atoms with Crippen molar-refractivity contribution < 1.29 is 9.18 Å². The summed E-state index contributed by atoms with van der Waals surface area (Å²) in [4.78, 5) is 17.2. The van der Waals surface area contributed by atoms with Crippen LogP contribution in [0.5, 0.6) is 0 Å². The number of hydrogen-bond acceptors (Lipinski definition) is 3. The molecular weight excluding hydrogens is 303 g/mol. The number of nitrogen functional groups attached to an aromatic ring is 1. The van der Waals surface area contributed by atoms with Crippen molar-refractivity contribution in [3.05, 3.63) is 22.4 Å². The minimum atomic E-state index is -0.416. The number of rotatable bonds is 2. The van der Waals surface area contributed by atoms with Crippen molar-refractivity contribution in [3.63, 3.8) is 0 Å². The number of aromatic nitrogens is 2. The SMILES string of the molecule is CN(C)C(=O)Cn1c(N)nc2cc(Br)c(F)cc21. The van der Waals surface area contributed by atoms with Crippen molar-refractivity contribution in [1.29, 1.82) is 0 Å². The Morgan fingerprint density at radius 1 is 1.56 bits per heavy atom. The lowest BCUT2D eigenvalue weighted by atomic mass is 10.3. The molecule has 1 aromatic heterocycles. The summed E-state index contributed by atoms with van der Waals surface area (Å²) in [6.07, 6.45) is 0. The van der Waals surface area contributed by atoms with E-state index in [2.05, 4.69) is 20.9 Å². The van der Waals surface area contributed by atoms with E-state index in [-0.39, 0.29) is 18.4 Å². The van der Waals surface area contributed by atoms with E-state index in [0.717, 1.165) is 0 Å². The van der Waals surface area contributed by atoms with E-state index < -0.39 is 5.82 Å². The van der Waals surface area contributed by atoms with Crippen LogP contribution in [0.2, 0.25) is 0 Å². The van der Waals surface area contributed by atoms with E-state index in [4.69, 9.17) is 5.73 Å². The normalized spacial score (nSPS) is 10.9. The second-order valence-electron chi connectivity index (χ2n) is 4.10. The molecule has 0 aliphatic rings. The minimum Gasteiger partial charge on any atom is -0.369 e. The molecule has 1 aromatic carbocycles. The van der Waals surface area contributed by atoms with Crippen LogP contribution in [0.1, 0.15) is 0 Å². The molecule has 2 rings (SSSR count). The Bertz CT molecular complexity index is 623. The first-order chi connectivity index (χ1) is 8.40. The van der Waals surface area contributed by atoms with Gasteiger partial charge in [0.1, 0.15) is 12.4 Å². The van der Waals surface area contributed by atoms with Gasteiger partial charge in [-0.3, -0.25) is 4.79 Å². The van der Waals surface area contributed by atoms with Gasteiger partial charge < -0.3 is 15.2 Å². The molecule has 18 heavy (non-hydrogen) atoms. The van der Waals surface area contributed by atoms with Crippen LogP contribution in [-0.2, 0) is 11.3 Å². The van der Waals surface area contributed by atoms with Crippen LogP contribution in [0, 0.1) is 5.82 Å². The van der Waals surface area contributed by atoms with Gasteiger partial charge in [-0.2, -0.15) is 0 Å². The van der Waals surface area contributed by atoms with Crippen molar-refractivity contribution >= 4 is 38.8 Å². The second-order valence-corrected chi connectivity index (χ2v) is 4.95. The fourth-order valence-corrected chi connectivity index (χ4v) is 1.91. The lowest BCUT2D eigenvalue weighted by molar-refractivity contribution is -0.129. The summed E-state index contributed by atoms with van der Waals surface area (Å²) in [6, 6.07) is 2.85. The first-order valence-corrected chi connectivity index (χ1v) is 6.00. The van der Waals surface area contributed by atoms with Crippen LogP contribution in [-0.4, -0.2) is 34.5 Å². The van der Waals surface area contributed by atoms with Crippen LogP contribution >= 0.6 is 15.9 Å². The molecule has 0 saturated heterocycles. The standard InChI is InChI=1S/C11H12BrFN4O/c1-16(2)10(18)5-17-9-4-7(13)6(12)3-8(9)15-11(17)14/h3-4H,5H2,1-2H3,(H2,14,15). The third-order valence-electron chi connectivity index (χ3n) is 2.61. The van der Waals surface area contributed by atoms with Crippen molar-refractivity contribution in [1.82, 2.24) is 14.5 Å². The number of halogens is 2. The highest BCUT2D eigenvalue weighted by atomic mass is 79.9. The van der Waals surface area contributed by atoms with E-state index in [0.29, 0.717) is 15.5 Å². The lowest BCUT2D eigenvalue weighted by Crippen LogP contribution is -2.26. The van der Waals surface area contributed by atoms with E-state index in [1.54, 1.807) is 14.1 Å². The lowest BCUT2D eigenvalue weighted by Gasteiger charge is -2.12. The van der Waals surface area contributed by atoms with Gasteiger partial charge >= 0.3 is 0 Å². The highest BCUT2D eigenvalue weighted by molar-refractivity contribution is 9.10. The first-order valence-electron chi connectivity index (χ1n) is 5.21. The molecule has 2 aromatic rings. The van der Waals surface area contributed by atoms with E-state index in [9.17, 15) is 9.18 Å². The van der Waals surface area contributed by atoms with Crippen LogP contribution in [0.3, 0.4) is 0 Å². The molecule has 1 amide bonds. The van der Waals surface area contributed by atoms with Gasteiger partial charge in [0.25, 0.3) is 0 Å². The zero-order valence-corrected chi connectivity index (χ0v) is 11.5. The van der Waals surface area contributed by atoms with Gasteiger partial charge in [-0.15, -0.1) is 0 Å². The number of benzene rings is 1. The molecule has 0 radical (unpaired) electrons. The maximum atomic E-state index is 13.5. The van der Waals surface area contributed by atoms with Gasteiger partial charge in [0.15, 0.2) is 0 Å². The number of anilines is 1. The summed E-state index contributed by atoms with van der Waals surface area (Å²) in [5, 5.41) is 0. The van der Waals surface area contributed by atoms with Crippen LogP contribution < -0.4 is 5.73 Å². The number of carbonyl (C=O) groups is 1. The predicted molar refractivity (Wildman–Crippen MR) is 70.5 cm³/mol. The average molecular weight is 315 g/mol. The van der Waals surface area contributed by atoms with Crippen molar-refractivity contribution in [2.75, 3.05) is 19.8 Å². The largest absolute Gasteiger partial charge is 0.369 e. The zero-order valence-electron chi connectivity index (χ0n) is 9.94. The molecule has 0 bridgehead atoms. The maximum absolute atomic E-state index is 13.5. The Labute approximate surface area is 112 Å². The molecule has 0 fully saturated rings. The Morgan fingerprint density at radius 3 is 2.83 bits per heavy atom. The summed E-state index contributed by atoms with van der Waals surface area (Å²) in [6.45, 7) is 0.0381. The minimum absolute atomic E-state index is 0.0381. The molecule has 0 atom stereocenters. The molecule has 5 nitrogen and oxygen atoms in total. The Hall–Kier alpha value is -1.63. The van der Waals surface area contributed by atoms with Crippen molar-refractivity contribution in [3.8, 4) is 0 Å². The summed E-state index contributed by atoms with van der Waals surface area (Å²) >= 11 is 3.08. The second kappa shape index (κ2) is 4.56. The smallest absolute Gasteiger partial charge is 0.242 e. The number of amides is 1. The molecule has 0 aliphatic heterocycles.